The van der Waals surface area contributed by atoms with E-state index in [0.717, 1.165) is 48.4 Å². The van der Waals surface area contributed by atoms with E-state index in [1.165, 1.54) is 12.0 Å². The summed E-state index contributed by atoms with van der Waals surface area (Å²) in [7, 11) is 0. The monoisotopic (exact) mass is 431 g/mol. The number of nitrogens with zero attached hydrogens (tertiary/aromatic N) is 1. The molecule has 0 spiro atoms. The number of piperidine rings is 1. The summed E-state index contributed by atoms with van der Waals surface area (Å²) in [5.41, 5.74) is 3.35. The Morgan fingerprint density at radius 1 is 0.871 bits per heavy atom. The zero-order valence-corrected chi connectivity index (χ0v) is 18.6. The summed E-state index contributed by atoms with van der Waals surface area (Å²) >= 11 is -1.36. The van der Waals surface area contributed by atoms with Gasteiger partial charge in [-0.1, -0.05) is 72.8 Å². The Balaban J connectivity index is 1.30. The molecule has 1 atom stereocenters. The van der Waals surface area contributed by atoms with Crippen molar-refractivity contribution in [1.82, 2.24) is 4.90 Å². The van der Waals surface area contributed by atoms with Crippen LogP contribution < -0.4 is 0 Å². The van der Waals surface area contributed by atoms with Crippen molar-refractivity contribution in [3.8, 4) is 11.1 Å². The van der Waals surface area contributed by atoms with Gasteiger partial charge >= 0.3 is 0 Å². The smallest absolute Gasteiger partial charge is 0.272 e. The second-order valence-electron chi connectivity index (χ2n) is 8.20. The van der Waals surface area contributed by atoms with Crippen LogP contribution in [-0.4, -0.2) is 34.2 Å². The largest absolute Gasteiger partial charge is 0.611 e. The lowest BCUT2D eigenvalue weighted by molar-refractivity contribution is -0.129. The zero-order chi connectivity index (χ0) is 21.5. The summed E-state index contributed by atoms with van der Waals surface area (Å²) in [5, 5.41) is 0. The minimum absolute atomic E-state index is 0.00251. The van der Waals surface area contributed by atoms with Crippen LogP contribution in [0.5, 0.6) is 0 Å². The van der Waals surface area contributed by atoms with E-state index in [2.05, 4.69) is 30.3 Å². The van der Waals surface area contributed by atoms with Crippen LogP contribution in [0, 0.1) is 5.92 Å². The molecule has 1 unspecified atom stereocenters. The first-order chi connectivity index (χ1) is 15.2. The number of benzene rings is 3. The fraction of sp³-hybridized carbons (Fsp3) is 0.296. The van der Waals surface area contributed by atoms with Crippen LogP contribution in [0.2, 0.25) is 0 Å². The van der Waals surface area contributed by atoms with E-state index in [-0.39, 0.29) is 11.7 Å². The number of rotatable bonds is 7. The molecule has 0 bridgehead atoms. The minimum atomic E-state index is -1.36. The van der Waals surface area contributed by atoms with Gasteiger partial charge in [0.25, 0.3) is 5.91 Å². The molecule has 0 aromatic heterocycles. The SMILES string of the molecule is O=C(C[S+]([O-])c1ccccc1-c1ccccc1)N1CCC(CCc2ccccc2)CC1. The molecule has 1 amide bonds. The maximum Gasteiger partial charge on any atom is 0.272 e. The average molecular weight is 432 g/mol. The van der Waals surface area contributed by atoms with Crippen LogP contribution in [0.15, 0.2) is 89.8 Å². The van der Waals surface area contributed by atoms with Gasteiger partial charge in [0, 0.05) is 18.7 Å². The van der Waals surface area contributed by atoms with Crippen molar-refractivity contribution in [3.63, 3.8) is 0 Å². The maximum atomic E-state index is 13.1. The number of hydrogen-bond acceptors (Lipinski definition) is 2. The Kier molecular flexibility index (Phi) is 7.44. The number of carbonyl (C=O) groups is 1. The minimum Gasteiger partial charge on any atom is -0.611 e. The van der Waals surface area contributed by atoms with Crippen LogP contribution in [0.4, 0.5) is 0 Å². The van der Waals surface area contributed by atoms with Crippen molar-refractivity contribution in [2.24, 2.45) is 5.92 Å². The Labute approximate surface area is 188 Å². The van der Waals surface area contributed by atoms with E-state index in [1.54, 1.807) is 0 Å². The quantitative estimate of drug-likeness (QED) is 0.475. The van der Waals surface area contributed by atoms with E-state index in [1.807, 2.05) is 59.5 Å². The molecule has 3 aromatic carbocycles. The fourth-order valence-electron chi connectivity index (χ4n) is 4.29. The highest BCUT2D eigenvalue weighted by atomic mass is 32.2. The number of amides is 1. The lowest BCUT2D eigenvalue weighted by atomic mass is 9.90. The molecule has 0 N–H and O–H groups in total. The summed E-state index contributed by atoms with van der Waals surface area (Å²) < 4.78 is 13.1. The van der Waals surface area contributed by atoms with Gasteiger partial charge in [-0.25, -0.2) is 0 Å². The molecule has 0 aliphatic carbocycles. The summed E-state index contributed by atoms with van der Waals surface area (Å²) in [6.45, 7) is 1.55. The molecule has 0 saturated carbocycles. The number of hydrogen-bond donors (Lipinski definition) is 0. The van der Waals surface area contributed by atoms with Crippen LogP contribution in [0.25, 0.3) is 11.1 Å². The summed E-state index contributed by atoms with van der Waals surface area (Å²) in [4.78, 5) is 15.5. The van der Waals surface area contributed by atoms with E-state index in [0.29, 0.717) is 5.92 Å². The van der Waals surface area contributed by atoms with Crippen LogP contribution in [0.1, 0.15) is 24.8 Å². The molecular weight excluding hydrogens is 402 g/mol. The zero-order valence-electron chi connectivity index (χ0n) is 17.8. The highest BCUT2D eigenvalue weighted by Crippen LogP contribution is 2.28. The van der Waals surface area contributed by atoms with Gasteiger partial charge in [-0.05, 0) is 66.0 Å². The first-order valence-corrected chi connectivity index (χ1v) is 12.4. The molecular formula is C27H29NO2S. The maximum absolute atomic E-state index is 13.1. The van der Waals surface area contributed by atoms with Gasteiger partial charge in [-0.15, -0.1) is 0 Å². The van der Waals surface area contributed by atoms with E-state index < -0.39 is 11.2 Å². The number of carbonyl (C=O) groups excluding carboxylic acids is 1. The Bertz CT molecular complexity index is 969. The molecule has 3 aromatic rings. The number of likely N-dealkylation sites (tertiary alicyclic amines) is 1. The van der Waals surface area contributed by atoms with Crippen LogP contribution in [0.3, 0.4) is 0 Å². The van der Waals surface area contributed by atoms with Crippen molar-refractivity contribution in [2.45, 2.75) is 30.6 Å². The molecule has 1 heterocycles. The van der Waals surface area contributed by atoms with Gasteiger partial charge in [-0.3, -0.25) is 4.79 Å². The van der Waals surface area contributed by atoms with E-state index >= 15 is 0 Å². The first-order valence-electron chi connectivity index (χ1n) is 11.1. The molecule has 4 heteroatoms. The second kappa shape index (κ2) is 10.7. The normalized spacial score (nSPS) is 15.6. The molecule has 1 fully saturated rings. The van der Waals surface area contributed by atoms with E-state index in [9.17, 15) is 9.35 Å². The standard InChI is InChI=1S/C27H29NO2S/c29-27(28-19-17-23(18-20-28)16-15-22-9-3-1-4-10-22)21-31(30)26-14-8-7-13-25(26)24-11-5-2-6-12-24/h1-14,23H,15-21H2. The molecule has 1 aliphatic heterocycles. The summed E-state index contributed by atoms with van der Waals surface area (Å²) in [6, 6.07) is 28.2. The van der Waals surface area contributed by atoms with Crippen molar-refractivity contribution in [1.29, 1.82) is 0 Å². The van der Waals surface area contributed by atoms with Gasteiger partial charge in [0.05, 0.1) is 0 Å². The number of aryl methyl sites for hydroxylation is 1. The van der Waals surface area contributed by atoms with Crippen molar-refractivity contribution in [3.05, 3.63) is 90.5 Å². The first kappa shape index (κ1) is 21.7. The van der Waals surface area contributed by atoms with Crippen molar-refractivity contribution < 1.29 is 9.35 Å². The van der Waals surface area contributed by atoms with Gasteiger partial charge in [0.15, 0.2) is 10.6 Å². The van der Waals surface area contributed by atoms with Gasteiger partial charge in [0.2, 0.25) is 0 Å². The molecule has 160 valence electrons. The lowest BCUT2D eigenvalue weighted by Crippen LogP contribution is -2.41. The Morgan fingerprint density at radius 2 is 1.48 bits per heavy atom. The Hall–Kier alpha value is -2.56. The second-order valence-corrected chi connectivity index (χ2v) is 9.62. The third-order valence-corrected chi connectivity index (χ3v) is 7.48. The predicted octanol–water partition coefficient (Wildman–Crippen LogP) is 5.33. The molecule has 4 rings (SSSR count). The molecule has 0 radical (unpaired) electrons. The van der Waals surface area contributed by atoms with Crippen molar-refractivity contribution in [2.75, 3.05) is 18.8 Å². The topological polar surface area (TPSA) is 43.4 Å². The highest BCUT2D eigenvalue weighted by molar-refractivity contribution is 7.92. The third-order valence-electron chi connectivity index (χ3n) is 6.12. The van der Waals surface area contributed by atoms with Gasteiger partial charge in [-0.2, -0.15) is 0 Å². The van der Waals surface area contributed by atoms with E-state index in [4.69, 9.17) is 0 Å². The van der Waals surface area contributed by atoms with Crippen molar-refractivity contribution >= 4 is 17.1 Å². The lowest BCUT2D eigenvalue weighted by Gasteiger charge is -2.32. The Morgan fingerprint density at radius 3 is 2.19 bits per heavy atom. The predicted molar refractivity (Wildman–Crippen MR) is 127 cm³/mol. The molecule has 31 heavy (non-hydrogen) atoms. The van der Waals surface area contributed by atoms with Gasteiger partial charge in [0.1, 0.15) is 0 Å². The fourth-order valence-corrected chi connectivity index (χ4v) is 5.51. The molecule has 3 nitrogen and oxygen atoms in total. The molecule has 1 aliphatic rings. The van der Waals surface area contributed by atoms with Crippen LogP contribution >= 0.6 is 0 Å². The highest BCUT2D eigenvalue weighted by Gasteiger charge is 2.27. The third kappa shape index (κ3) is 5.78. The van der Waals surface area contributed by atoms with Crippen LogP contribution in [-0.2, 0) is 22.4 Å². The molecule has 1 saturated heterocycles. The average Bonchev–Trinajstić information content (AvgIpc) is 2.84. The summed E-state index contributed by atoms with van der Waals surface area (Å²) in [5.74, 6) is 0.717. The van der Waals surface area contributed by atoms with Gasteiger partial charge < -0.3 is 9.45 Å². The summed E-state index contributed by atoms with van der Waals surface area (Å²) in [6.07, 6.45) is 4.33.